The van der Waals surface area contributed by atoms with Crippen molar-refractivity contribution < 1.29 is 9.53 Å². The van der Waals surface area contributed by atoms with Gasteiger partial charge in [0.05, 0.1) is 22.4 Å². The summed E-state index contributed by atoms with van der Waals surface area (Å²) in [6.45, 7) is 9.91. The Labute approximate surface area is 143 Å². The van der Waals surface area contributed by atoms with Crippen LogP contribution in [0, 0.1) is 0 Å². The number of nitrogen functional groups attached to an aromatic ring is 1. The fraction of sp³-hybridized carbons (Fsp3) is 0.588. The molecule has 1 aromatic carbocycles. The largest absolute Gasteiger partial charge is 0.489 e. The summed E-state index contributed by atoms with van der Waals surface area (Å²) in [4.78, 5) is 16.9. The maximum Gasteiger partial charge on any atom is 0.258 e. The van der Waals surface area contributed by atoms with Gasteiger partial charge in [-0.3, -0.25) is 9.69 Å². The molecule has 2 N–H and O–H groups in total. The van der Waals surface area contributed by atoms with Crippen LogP contribution in [0.4, 0.5) is 5.69 Å². The lowest BCUT2D eigenvalue weighted by molar-refractivity contribution is 0.0493. The molecule has 1 aliphatic rings. The Kier molecular flexibility index (Phi) is 5.42. The first kappa shape index (κ1) is 17.9. The maximum atomic E-state index is 13.0. The Morgan fingerprint density at radius 3 is 2.65 bits per heavy atom. The van der Waals surface area contributed by atoms with Crippen LogP contribution in [-0.2, 0) is 6.42 Å². The number of nitrogens with two attached hydrogens (primary N) is 1. The molecule has 23 heavy (non-hydrogen) atoms. The molecule has 1 heterocycles. The van der Waals surface area contributed by atoms with Crippen molar-refractivity contribution in [3.8, 4) is 5.75 Å². The maximum absolute atomic E-state index is 13.0. The third-order valence-corrected chi connectivity index (χ3v) is 4.95. The summed E-state index contributed by atoms with van der Waals surface area (Å²) < 4.78 is 5.84. The number of nitrogens with zero attached hydrogens (tertiary/aromatic N) is 2. The van der Waals surface area contributed by atoms with Crippen LogP contribution in [-0.4, -0.2) is 48.1 Å². The van der Waals surface area contributed by atoms with Gasteiger partial charge in [0.15, 0.2) is 0 Å². The number of fused-ring (bicyclic) bond motifs is 1. The third kappa shape index (κ3) is 3.26. The van der Waals surface area contributed by atoms with Crippen molar-refractivity contribution in [2.45, 2.75) is 46.4 Å². The van der Waals surface area contributed by atoms with Gasteiger partial charge in [-0.05, 0) is 33.0 Å². The number of carbonyl (C=O) groups excluding carboxylic acids is 1. The second kappa shape index (κ2) is 6.97. The molecular weight excluding hydrogens is 314 g/mol. The monoisotopic (exact) mass is 339 g/mol. The van der Waals surface area contributed by atoms with Gasteiger partial charge >= 0.3 is 0 Å². The van der Waals surface area contributed by atoms with Crippen LogP contribution < -0.4 is 10.5 Å². The van der Waals surface area contributed by atoms with Gasteiger partial charge in [0.2, 0.25) is 0 Å². The Morgan fingerprint density at radius 1 is 1.48 bits per heavy atom. The lowest BCUT2D eigenvalue weighted by Crippen LogP contribution is -2.47. The normalized spacial score (nSPS) is 17.8. The van der Waals surface area contributed by atoms with E-state index >= 15 is 0 Å². The molecule has 0 radical (unpaired) electrons. The molecule has 2 rings (SSSR count). The van der Waals surface area contributed by atoms with E-state index in [1.165, 1.54) is 0 Å². The van der Waals surface area contributed by atoms with Crippen LogP contribution >= 0.6 is 11.6 Å². The first-order valence-corrected chi connectivity index (χ1v) is 8.48. The number of halogens is 1. The summed E-state index contributed by atoms with van der Waals surface area (Å²) in [5.41, 5.74) is 7.90. The fourth-order valence-corrected chi connectivity index (χ4v) is 3.31. The van der Waals surface area contributed by atoms with Crippen molar-refractivity contribution in [3.05, 3.63) is 22.2 Å². The van der Waals surface area contributed by atoms with E-state index in [1.807, 2.05) is 13.8 Å². The summed E-state index contributed by atoms with van der Waals surface area (Å²) in [5.74, 6) is 0.486. The predicted molar refractivity (Wildman–Crippen MR) is 94.1 cm³/mol. The molecule has 6 heteroatoms. The van der Waals surface area contributed by atoms with Crippen molar-refractivity contribution in [2.75, 3.05) is 25.9 Å². The second-order valence-electron chi connectivity index (χ2n) is 6.03. The number of rotatable bonds is 5. The molecule has 1 aliphatic heterocycles. The second-order valence-corrected chi connectivity index (χ2v) is 6.44. The van der Waals surface area contributed by atoms with Crippen LogP contribution in [0.15, 0.2) is 6.07 Å². The molecular formula is C17H26ClN3O2. The van der Waals surface area contributed by atoms with Crippen LogP contribution in [0.5, 0.6) is 5.75 Å². The third-order valence-electron chi connectivity index (χ3n) is 4.63. The summed E-state index contributed by atoms with van der Waals surface area (Å²) in [7, 11) is 1.81. The van der Waals surface area contributed by atoms with Gasteiger partial charge in [-0.25, -0.2) is 0 Å². The van der Waals surface area contributed by atoms with Crippen molar-refractivity contribution in [3.63, 3.8) is 0 Å². The zero-order chi connectivity index (χ0) is 17.3. The van der Waals surface area contributed by atoms with Crippen LogP contribution in [0.1, 0.15) is 43.6 Å². The number of benzene rings is 1. The molecule has 0 aromatic heterocycles. The van der Waals surface area contributed by atoms with E-state index in [0.717, 1.165) is 18.7 Å². The minimum Gasteiger partial charge on any atom is -0.489 e. The van der Waals surface area contributed by atoms with E-state index < -0.39 is 0 Å². The highest BCUT2D eigenvalue weighted by molar-refractivity contribution is 6.33. The molecule has 0 spiro atoms. The highest BCUT2D eigenvalue weighted by Gasteiger charge is 2.31. The van der Waals surface area contributed by atoms with Crippen LogP contribution in [0.3, 0.4) is 0 Å². The Bertz CT molecular complexity index is 602. The summed E-state index contributed by atoms with van der Waals surface area (Å²) in [6, 6.07) is 1.63. The first-order valence-electron chi connectivity index (χ1n) is 8.10. The van der Waals surface area contributed by atoms with Crippen molar-refractivity contribution in [2.24, 2.45) is 0 Å². The molecule has 0 fully saturated rings. The quantitative estimate of drug-likeness (QED) is 0.661. The minimum atomic E-state index is -0.100. The van der Waals surface area contributed by atoms with Crippen molar-refractivity contribution in [1.82, 2.24) is 9.80 Å². The van der Waals surface area contributed by atoms with Gasteiger partial charge in [-0.1, -0.05) is 25.4 Å². The minimum absolute atomic E-state index is 0.00262. The molecule has 1 amide bonds. The lowest BCUT2D eigenvalue weighted by Gasteiger charge is -2.34. The molecule has 0 saturated heterocycles. The van der Waals surface area contributed by atoms with Crippen molar-refractivity contribution >= 4 is 23.2 Å². The van der Waals surface area contributed by atoms with Gasteiger partial charge in [-0.15, -0.1) is 0 Å². The van der Waals surface area contributed by atoms with E-state index in [-0.39, 0.29) is 18.2 Å². The molecule has 5 nitrogen and oxygen atoms in total. The first-order chi connectivity index (χ1) is 10.8. The average Bonchev–Trinajstić information content (AvgIpc) is 2.92. The molecule has 2 unspecified atom stereocenters. The van der Waals surface area contributed by atoms with Gasteiger partial charge in [0.25, 0.3) is 5.91 Å². The SMILES string of the molecule is CCN(CC)C(C)N(C)C(=O)c1cc(Cl)c(N)c2c1OC(C)C2. The zero-order valence-electron chi connectivity index (χ0n) is 14.5. The number of amides is 1. The van der Waals surface area contributed by atoms with Gasteiger partial charge in [0.1, 0.15) is 11.9 Å². The topological polar surface area (TPSA) is 58.8 Å². The van der Waals surface area contributed by atoms with E-state index in [0.29, 0.717) is 28.4 Å². The van der Waals surface area contributed by atoms with Crippen LogP contribution in [0.2, 0.25) is 5.02 Å². The molecule has 0 saturated carbocycles. The number of hydrogen-bond donors (Lipinski definition) is 1. The fourth-order valence-electron chi connectivity index (χ4n) is 3.08. The van der Waals surface area contributed by atoms with Crippen molar-refractivity contribution in [1.29, 1.82) is 0 Å². The highest BCUT2D eigenvalue weighted by atomic mass is 35.5. The summed E-state index contributed by atoms with van der Waals surface area (Å²) >= 11 is 6.23. The Hall–Kier alpha value is -1.46. The average molecular weight is 340 g/mol. The molecule has 1 aromatic rings. The molecule has 0 aliphatic carbocycles. The number of anilines is 1. The highest BCUT2D eigenvalue weighted by Crippen LogP contribution is 2.41. The summed E-state index contributed by atoms with van der Waals surface area (Å²) in [5, 5.41) is 0.411. The van der Waals surface area contributed by atoms with Gasteiger partial charge in [0, 0.05) is 19.0 Å². The predicted octanol–water partition coefficient (Wildman–Crippen LogP) is 3.01. The standard InChI is InChI=1S/C17H26ClN3O2/c1-6-21(7-2)11(4)20(5)17(22)13-9-14(18)15(19)12-8-10(3)23-16(12)13/h9-11H,6-8,19H2,1-5H3. The van der Waals surface area contributed by atoms with E-state index in [2.05, 4.69) is 18.7 Å². The number of hydrogen-bond acceptors (Lipinski definition) is 4. The lowest BCUT2D eigenvalue weighted by atomic mass is 10.0. The molecule has 128 valence electrons. The Balaban J connectivity index is 2.37. The van der Waals surface area contributed by atoms with E-state index in [1.54, 1.807) is 18.0 Å². The molecule has 2 atom stereocenters. The van der Waals surface area contributed by atoms with E-state index in [9.17, 15) is 4.79 Å². The number of ether oxygens (including phenoxy) is 1. The van der Waals surface area contributed by atoms with Gasteiger partial charge < -0.3 is 15.4 Å². The molecule has 0 bridgehead atoms. The van der Waals surface area contributed by atoms with Crippen LogP contribution in [0.25, 0.3) is 0 Å². The van der Waals surface area contributed by atoms with E-state index in [4.69, 9.17) is 22.1 Å². The Morgan fingerprint density at radius 2 is 2.09 bits per heavy atom. The zero-order valence-corrected chi connectivity index (χ0v) is 15.3. The van der Waals surface area contributed by atoms with Gasteiger partial charge in [-0.2, -0.15) is 0 Å². The smallest absolute Gasteiger partial charge is 0.258 e. The number of carbonyl (C=O) groups is 1. The summed E-state index contributed by atoms with van der Waals surface area (Å²) in [6.07, 6.45) is 0.670.